The second-order valence-electron chi connectivity index (χ2n) is 5.91. The maximum absolute atomic E-state index is 11.8. The number of aliphatic hydroxyl groups excluding tert-OH is 1. The molecule has 0 aliphatic carbocycles. The Morgan fingerprint density at radius 2 is 1.84 bits per heavy atom. The summed E-state index contributed by atoms with van der Waals surface area (Å²) in [6.45, 7) is 5.61. The zero-order chi connectivity index (χ0) is 14.9. The second-order valence-corrected chi connectivity index (χ2v) is 7.43. The lowest BCUT2D eigenvalue weighted by atomic mass is 10.3. The van der Waals surface area contributed by atoms with Crippen LogP contribution in [0, 0.1) is 0 Å². The average molecular weight is 296 g/mol. The fourth-order valence-electron chi connectivity index (χ4n) is 1.41. The first kappa shape index (κ1) is 19.1. The monoisotopic (exact) mass is 296 g/mol. The lowest BCUT2D eigenvalue weighted by Crippen LogP contribution is -2.37. The highest BCUT2D eigenvalue weighted by Crippen LogP contribution is 2.30. The molecule has 0 aromatic rings. The topological polar surface area (TPSA) is 55.8 Å². The van der Waals surface area contributed by atoms with Gasteiger partial charge in [0.25, 0.3) is 0 Å². The van der Waals surface area contributed by atoms with Crippen LogP contribution in [0.5, 0.6) is 0 Å². The van der Waals surface area contributed by atoms with Gasteiger partial charge in [-0.2, -0.15) is 0 Å². The summed E-state index contributed by atoms with van der Waals surface area (Å²) in [5.74, 6) is -1.01. The molecule has 0 radical (unpaired) electrons. The zero-order valence-corrected chi connectivity index (χ0v) is 14.0. The van der Waals surface area contributed by atoms with Gasteiger partial charge in [-0.1, -0.05) is 19.8 Å². The highest BCUT2D eigenvalue weighted by molar-refractivity contribution is 7.39. The van der Waals surface area contributed by atoms with E-state index in [1.807, 2.05) is 21.1 Å². The molecule has 3 atom stereocenters. The molecule has 0 bridgehead atoms. The smallest absolute Gasteiger partial charge is 0.222 e. The van der Waals surface area contributed by atoms with Gasteiger partial charge in [-0.3, -0.25) is 4.57 Å². The molecular weight excluding hydrogens is 265 g/mol. The number of ether oxygens (including phenoxy) is 1. The van der Waals surface area contributed by atoms with Crippen molar-refractivity contribution in [1.82, 2.24) is 0 Å². The first-order chi connectivity index (χ1) is 8.78. The number of unbranched alkanes of at least 4 members (excludes halogenated alkanes) is 2. The molecule has 0 aromatic carbocycles. The van der Waals surface area contributed by atoms with Crippen molar-refractivity contribution in [3.8, 4) is 0 Å². The quantitative estimate of drug-likeness (QED) is 0.360. The summed E-state index contributed by atoms with van der Waals surface area (Å²) in [4.78, 5) is 0. The van der Waals surface area contributed by atoms with Crippen LogP contribution in [0.1, 0.15) is 33.1 Å². The largest absolute Gasteiger partial charge is 0.381 e. The van der Waals surface area contributed by atoms with E-state index in [1.165, 1.54) is 0 Å². The SMILES string of the molecule is CCCCCOC(C)C(O)[PH](=O)OCC[N+](C)(C)C. The molecule has 0 saturated carbocycles. The van der Waals surface area contributed by atoms with Gasteiger partial charge in [-0.25, -0.2) is 0 Å². The maximum Gasteiger partial charge on any atom is 0.222 e. The highest BCUT2D eigenvalue weighted by atomic mass is 31.1. The van der Waals surface area contributed by atoms with Gasteiger partial charge in [0.2, 0.25) is 8.03 Å². The van der Waals surface area contributed by atoms with Gasteiger partial charge in [0, 0.05) is 6.61 Å². The lowest BCUT2D eigenvalue weighted by molar-refractivity contribution is -0.870. The van der Waals surface area contributed by atoms with Crippen molar-refractivity contribution in [1.29, 1.82) is 0 Å². The van der Waals surface area contributed by atoms with E-state index in [2.05, 4.69) is 6.92 Å². The molecule has 0 fully saturated rings. The van der Waals surface area contributed by atoms with Gasteiger partial charge in [-0.15, -0.1) is 0 Å². The molecule has 0 rings (SSSR count). The number of aliphatic hydroxyl groups is 1. The molecule has 3 unspecified atom stereocenters. The molecule has 0 spiro atoms. The van der Waals surface area contributed by atoms with Gasteiger partial charge < -0.3 is 18.9 Å². The Kier molecular flexibility index (Phi) is 9.93. The molecule has 0 heterocycles. The van der Waals surface area contributed by atoms with Crippen LogP contribution in [0.25, 0.3) is 0 Å². The molecular formula is C13H31NO4P+. The minimum atomic E-state index is -2.46. The predicted molar refractivity (Wildman–Crippen MR) is 78.8 cm³/mol. The van der Waals surface area contributed by atoms with Crippen molar-refractivity contribution < 1.29 is 23.4 Å². The van der Waals surface area contributed by atoms with E-state index in [9.17, 15) is 9.67 Å². The van der Waals surface area contributed by atoms with E-state index in [0.29, 0.717) is 13.2 Å². The minimum absolute atomic E-state index is 0.390. The minimum Gasteiger partial charge on any atom is -0.381 e. The Balaban J connectivity index is 3.84. The van der Waals surface area contributed by atoms with Crippen molar-refractivity contribution in [2.24, 2.45) is 0 Å². The Morgan fingerprint density at radius 1 is 1.21 bits per heavy atom. The highest BCUT2D eigenvalue weighted by Gasteiger charge is 2.22. The van der Waals surface area contributed by atoms with E-state index >= 15 is 0 Å². The number of likely N-dealkylation sites (N-methyl/N-ethyl adjacent to an activating group) is 1. The molecule has 5 nitrogen and oxygen atoms in total. The molecule has 0 amide bonds. The van der Waals surface area contributed by atoms with Crippen molar-refractivity contribution >= 4 is 8.03 Å². The van der Waals surface area contributed by atoms with Crippen LogP contribution in [-0.4, -0.2) is 62.4 Å². The van der Waals surface area contributed by atoms with Crippen molar-refractivity contribution in [3.05, 3.63) is 0 Å². The summed E-state index contributed by atoms with van der Waals surface area (Å²) >= 11 is 0. The third kappa shape index (κ3) is 10.5. The van der Waals surface area contributed by atoms with Crippen LogP contribution < -0.4 is 0 Å². The molecule has 0 aliphatic heterocycles. The summed E-state index contributed by atoms with van der Waals surface area (Å²) < 4.78 is 23.2. The zero-order valence-electron chi connectivity index (χ0n) is 13.0. The summed E-state index contributed by atoms with van der Waals surface area (Å²) in [6, 6.07) is 0. The van der Waals surface area contributed by atoms with Gasteiger partial charge in [0.1, 0.15) is 13.2 Å². The van der Waals surface area contributed by atoms with Crippen LogP contribution in [0.3, 0.4) is 0 Å². The number of rotatable bonds is 11. The molecule has 19 heavy (non-hydrogen) atoms. The lowest BCUT2D eigenvalue weighted by Gasteiger charge is -2.24. The Morgan fingerprint density at radius 3 is 2.37 bits per heavy atom. The molecule has 1 N–H and O–H groups in total. The van der Waals surface area contributed by atoms with Crippen LogP contribution in [0.4, 0.5) is 0 Å². The maximum atomic E-state index is 11.8. The predicted octanol–water partition coefficient (Wildman–Crippen LogP) is 2.10. The van der Waals surface area contributed by atoms with E-state index in [0.717, 1.165) is 30.3 Å². The van der Waals surface area contributed by atoms with Crippen molar-refractivity contribution in [2.75, 3.05) is 40.9 Å². The first-order valence-corrected chi connectivity index (χ1v) is 8.44. The molecule has 6 heteroatoms. The third-order valence-corrected chi connectivity index (χ3v) is 4.26. The van der Waals surface area contributed by atoms with Gasteiger partial charge >= 0.3 is 0 Å². The summed E-state index contributed by atoms with van der Waals surface area (Å²) in [5, 5.41) is 9.85. The first-order valence-electron chi connectivity index (χ1n) is 7.04. The van der Waals surface area contributed by atoms with Crippen LogP contribution in [-0.2, 0) is 13.8 Å². The molecule has 0 aliphatic rings. The Labute approximate surface area is 118 Å². The fourth-order valence-corrected chi connectivity index (χ4v) is 2.35. The summed E-state index contributed by atoms with van der Waals surface area (Å²) in [6.07, 6.45) is 2.77. The third-order valence-electron chi connectivity index (χ3n) is 2.82. The van der Waals surface area contributed by atoms with E-state index in [4.69, 9.17) is 9.26 Å². The Bertz CT molecular complexity index is 256. The normalized spacial score (nSPS) is 17.2. The van der Waals surface area contributed by atoms with Gasteiger partial charge in [0.15, 0.2) is 5.85 Å². The van der Waals surface area contributed by atoms with Gasteiger partial charge in [0.05, 0.1) is 27.2 Å². The summed E-state index contributed by atoms with van der Waals surface area (Å²) in [7, 11) is 3.65. The summed E-state index contributed by atoms with van der Waals surface area (Å²) in [5.41, 5.74) is 0. The number of quaternary nitrogens is 1. The van der Waals surface area contributed by atoms with Crippen LogP contribution in [0.2, 0.25) is 0 Å². The van der Waals surface area contributed by atoms with Crippen molar-refractivity contribution in [3.63, 3.8) is 0 Å². The van der Waals surface area contributed by atoms with Crippen molar-refractivity contribution in [2.45, 2.75) is 45.1 Å². The van der Waals surface area contributed by atoms with E-state index < -0.39 is 20.0 Å². The number of nitrogens with zero attached hydrogens (tertiary/aromatic N) is 1. The number of hydrogen-bond acceptors (Lipinski definition) is 4. The molecule has 116 valence electrons. The standard InChI is InChI=1S/C13H31NO4P/c1-6-7-8-10-17-12(2)13(15)19(16)18-11-9-14(3,4)5/h12-13,15,19H,6-11H2,1-5H3/q+1. The van der Waals surface area contributed by atoms with E-state index in [-0.39, 0.29) is 0 Å². The molecule has 0 saturated heterocycles. The molecule has 0 aromatic heterocycles. The van der Waals surface area contributed by atoms with Crippen LogP contribution >= 0.6 is 8.03 Å². The Hall–Kier alpha value is 0.0700. The second kappa shape index (κ2) is 9.89. The number of hydrogen-bond donors (Lipinski definition) is 1. The van der Waals surface area contributed by atoms with Crippen LogP contribution in [0.15, 0.2) is 0 Å². The van der Waals surface area contributed by atoms with E-state index in [1.54, 1.807) is 6.92 Å². The fraction of sp³-hybridized carbons (Fsp3) is 1.00. The van der Waals surface area contributed by atoms with Gasteiger partial charge in [-0.05, 0) is 13.3 Å². The average Bonchev–Trinajstić information content (AvgIpc) is 2.31.